The van der Waals surface area contributed by atoms with Crippen molar-refractivity contribution in [3.05, 3.63) is 27.0 Å². The van der Waals surface area contributed by atoms with E-state index in [4.69, 9.17) is 31.6 Å². The maximum atomic E-state index is 12.4. The van der Waals surface area contributed by atoms with Crippen molar-refractivity contribution in [3.63, 3.8) is 0 Å². The molecule has 176 valence electrons. The van der Waals surface area contributed by atoms with E-state index in [2.05, 4.69) is 21.6 Å². The van der Waals surface area contributed by atoms with Gasteiger partial charge in [0.15, 0.2) is 0 Å². The Morgan fingerprint density at radius 2 is 2.16 bits per heavy atom. The van der Waals surface area contributed by atoms with Crippen LogP contribution in [-0.2, 0) is 13.8 Å². The molecule has 0 aliphatic carbocycles. The summed E-state index contributed by atoms with van der Waals surface area (Å²) in [6, 6.07) is 2.29. The van der Waals surface area contributed by atoms with Crippen molar-refractivity contribution in [1.82, 2.24) is 14.2 Å². The molecule has 1 unspecified atom stereocenters. The highest BCUT2D eigenvalue weighted by atomic mass is 31.2. The van der Waals surface area contributed by atoms with Crippen molar-refractivity contribution in [2.45, 2.75) is 78.0 Å². The molecular formula is C21H31N4O6P. The van der Waals surface area contributed by atoms with Gasteiger partial charge in [-0.3, -0.25) is 14.3 Å². The van der Waals surface area contributed by atoms with E-state index in [0.29, 0.717) is 0 Å². The van der Waals surface area contributed by atoms with Gasteiger partial charge >= 0.3 is 5.69 Å². The number of aromatic amines is 1. The number of ether oxygens (including phenoxy) is 2. The van der Waals surface area contributed by atoms with Crippen molar-refractivity contribution in [1.29, 1.82) is 5.26 Å². The summed E-state index contributed by atoms with van der Waals surface area (Å²) in [5.74, 6) is 2.17. The topological polar surface area (TPSA) is 119 Å². The van der Waals surface area contributed by atoms with Crippen LogP contribution in [0.25, 0.3) is 0 Å². The summed E-state index contributed by atoms with van der Waals surface area (Å²) < 4.78 is 34.6. The molecule has 2 heterocycles. The smallest absolute Gasteiger partial charge is 0.330 e. The molecule has 0 radical (unpaired) electrons. The summed E-state index contributed by atoms with van der Waals surface area (Å²) in [4.78, 5) is 26.6. The largest absolute Gasteiger partial charge is 0.474 e. The van der Waals surface area contributed by atoms with Crippen LogP contribution in [0.2, 0.25) is 0 Å². The Morgan fingerprint density at radius 1 is 1.44 bits per heavy atom. The van der Waals surface area contributed by atoms with Crippen molar-refractivity contribution >= 4 is 8.53 Å². The quantitative estimate of drug-likeness (QED) is 0.300. The van der Waals surface area contributed by atoms with Gasteiger partial charge in [0.25, 0.3) is 14.1 Å². The summed E-state index contributed by atoms with van der Waals surface area (Å²) in [5.41, 5.74) is -1.35. The van der Waals surface area contributed by atoms with Crippen LogP contribution in [0.15, 0.2) is 15.8 Å². The van der Waals surface area contributed by atoms with Crippen molar-refractivity contribution in [2.75, 3.05) is 13.2 Å². The molecule has 1 aliphatic heterocycles. The van der Waals surface area contributed by atoms with E-state index in [-0.39, 0.29) is 50.8 Å². The first-order valence-electron chi connectivity index (χ1n) is 11.1. The van der Waals surface area contributed by atoms with Gasteiger partial charge in [0, 0.05) is 19.9 Å². The van der Waals surface area contributed by atoms with E-state index < -0.39 is 38.2 Å². The van der Waals surface area contributed by atoms with Crippen molar-refractivity contribution in [2.24, 2.45) is 0 Å². The third kappa shape index (κ3) is 6.65. The van der Waals surface area contributed by atoms with Crippen LogP contribution in [0.5, 0.6) is 5.75 Å². The van der Waals surface area contributed by atoms with Gasteiger partial charge in [0.05, 0.1) is 37.5 Å². The number of hydrogen-bond donors (Lipinski definition) is 1. The monoisotopic (exact) mass is 467 g/mol. The van der Waals surface area contributed by atoms with Gasteiger partial charge in [0.1, 0.15) is 12.8 Å². The SMILES string of the molecule is [2H]C[C@H]1O[C@@H](n2cc(OCC#C)c(=O)[nH]c2=O)C[C@H]1OP(OCCC#N)N(C(C)C)C(C)C. The second kappa shape index (κ2) is 12.2. The third-order valence-corrected chi connectivity index (χ3v) is 6.78. The second-order valence-corrected chi connectivity index (χ2v) is 9.11. The Hall–Kier alpha value is -2.20. The molecule has 1 saturated heterocycles. The summed E-state index contributed by atoms with van der Waals surface area (Å²) in [6.45, 7) is 8.11. The molecule has 0 bridgehead atoms. The fourth-order valence-electron chi connectivity index (χ4n) is 3.30. The first-order chi connectivity index (χ1) is 15.7. The number of hydrogen-bond acceptors (Lipinski definition) is 8. The number of terminal acetylenes is 1. The normalized spacial score (nSPS) is 22.0. The van der Waals surface area contributed by atoms with Gasteiger partial charge in [-0.25, -0.2) is 9.46 Å². The molecule has 2 rings (SSSR count). The highest BCUT2D eigenvalue weighted by Gasteiger charge is 2.39. The van der Waals surface area contributed by atoms with E-state index >= 15 is 0 Å². The molecule has 4 atom stereocenters. The van der Waals surface area contributed by atoms with Crippen LogP contribution in [0.1, 0.15) is 55.0 Å². The van der Waals surface area contributed by atoms with Gasteiger partial charge in [-0.15, -0.1) is 6.42 Å². The summed E-state index contributed by atoms with van der Waals surface area (Å²) in [6.07, 6.45) is 5.00. The molecule has 1 fully saturated rings. The zero-order valence-corrected chi connectivity index (χ0v) is 19.7. The number of nitrogens with zero attached hydrogens (tertiary/aromatic N) is 3. The molecule has 0 saturated carbocycles. The molecule has 0 amide bonds. The molecule has 10 nitrogen and oxygen atoms in total. The van der Waals surface area contributed by atoms with Gasteiger partial charge in [-0.2, -0.15) is 5.26 Å². The summed E-state index contributed by atoms with van der Waals surface area (Å²) in [5, 5.41) is 8.88. The molecule has 1 N–H and O–H groups in total. The lowest BCUT2D eigenvalue weighted by Gasteiger charge is -2.37. The average molecular weight is 467 g/mol. The Kier molecular flexibility index (Phi) is 9.28. The molecular weight excluding hydrogens is 435 g/mol. The van der Waals surface area contributed by atoms with Gasteiger partial charge in [0.2, 0.25) is 5.75 Å². The van der Waals surface area contributed by atoms with E-state index in [9.17, 15) is 9.59 Å². The molecule has 11 heteroatoms. The Morgan fingerprint density at radius 3 is 2.75 bits per heavy atom. The van der Waals surface area contributed by atoms with Gasteiger partial charge in [-0.1, -0.05) is 5.92 Å². The van der Waals surface area contributed by atoms with Gasteiger partial charge in [-0.05, 0) is 34.6 Å². The minimum Gasteiger partial charge on any atom is -0.474 e. The van der Waals surface area contributed by atoms with Crippen molar-refractivity contribution < 1.29 is 19.9 Å². The van der Waals surface area contributed by atoms with E-state index in [1.807, 2.05) is 27.7 Å². The zero-order valence-electron chi connectivity index (χ0n) is 19.8. The fourth-order valence-corrected chi connectivity index (χ4v) is 5.06. The first kappa shape index (κ1) is 24.4. The minimum atomic E-state index is -1.55. The van der Waals surface area contributed by atoms with Crippen LogP contribution >= 0.6 is 8.53 Å². The number of aromatic nitrogens is 2. The Labute approximate surface area is 190 Å². The Balaban J connectivity index is 2.27. The predicted molar refractivity (Wildman–Crippen MR) is 120 cm³/mol. The number of H-pyrrole nitrogens is 1. The van der Waals surface area contributed by atoms with E-state index in [0.717, 1.165) is 0 Å². The summed E-state index contributed by atoms with van der Waals surface area (Å²) in [7, 11) is -1.55. The summed E-state index contributed by atoms with van der Waals surface area (Å²) >= 11 is 0. The van der Waals surface area contributed by atoms with Gasteiger partial charge < -0.3 is 18.5 Å². The molecule has 0 aromatic carbocycles. The van der Waals surface area contributed by atoms with Crippen LogP contribution in [0.4, 0.5) is 0 Å². The zero-order chi connectivity index (χ0) is 24.5. The maximum Gasteiger partial charge on any atom is 0.330 e. The van der Waals surface area contributed by atoms with E-state index in [1.54, 1.807) is 0 Å². The lowest BCUT2D eigenvalue weighted by atomic mass is 10.2. The predicted octanol–water partition coefficient (Wildman–Crippen LogP) is 2.52. The molecule has 1 aromatic rings. The van der Waals surface area contributed by atoms with Crippen LogP contribution < -0.4 is 16.0 Å². The van der Waals surface area contributed by atoms with Crippen LogP contribution in [0.3, 0.4) is 0 Å². The van der Waals surface area contributed by atoms with Crippen LogP contribution in [-0.4, -0.2) is 51.7 Å². The third-order valence-electron chi connectivity index (χ3n) is 4.62. The second-order valence-electron chi connectivity index (χ2n) is 7.71. The average Bonchev–Trinajstić information content (AvgIpc) is 3.15. The highest BCUT2D eigenvalue weighted by molar-refractivity contribution is 7.44. The first-order valence-corrected chi connectivity index (χ1v) is 11.5. The van der Waals surface area contributed by atoms with E-state index in [1.165, 1.54) is 10.8 Å². The fraction of sp³-hybridized carbons (Fsp3) is 0.667. The molecule has 1 aromatic heterocycles. The lowest BCUT2D eigenvalue weighted by Crippen LogP contribution is -2.35. The minimum absolute atomic E-state index is 0.0928. The molecule has 0 spiro atoms. The number of rotatable bonds is 11. The van der Waals surface area contributed by atoms with Crippen molar-refractivity contribution in [3.8, 4) is 24.2 Å². The number of nitriles is 1. The molecule has 1 aliphatic rings. The number of nitrogens with one attached hydrogen (secondary N) is 1. The van der Waals surface area contributed by atoms with Crippen LogP contribution in [0, 0.1) is 23.7 Å². The standard InChI is InChI=1S/C21H31N4O6P/c1-7-10-28-18-13-24(21(27)23-20(18)26)19-12-17(16(6)30-19)31-32(29-11-8-9-22)25(14(2)3)15(4)5/h1,13-17,19H,8,10-12H2,2-6H3,(H,23,26,27)/t16-,17-,19-,32?/m1/s1/i6D. The lowest BCUT2D eigenvalue weighted by molar-refractivity contribution is -0.00906. The Bertz CT molecular complexity index is 961. The molecule has 32 heavy (non-hydrogen) atoms. The highest BCUT2D eigenvalue weighted by Crippen LogP contribution is 2.49. The maximum absolute atomic E-state index is 12.4.